The molecule has 1 aromatic rings. The molecule has 3 heterocycles. The lowest BCUT2D eigenvalue weighted by Crippen LogP contribution is -2.54. The molecule has 4 aliphatic rings. The van der Waals surface area contributed by atoms with Crippen LogP contribution < -0.4 is 10.1 Å². The van der Waals surface area contributed by atoms with Crippen molar-refractivity contribution in [3.63, 3.8) is 0 Å². The third kappa shape index (κ3) is 4.05. The lowest BCUT2D eigenvalue weighted by atomic mass is 9.78. The van der Waals surface area contributed by atoms with Crippen molar-refractivity contribution in [3.05, 3.63) is 24.3 Å². The first-order valence-electron chi connectivity index (χ1n) is 11.2. The van der Waals surface area contributed by atoms with E-state index >= 15 is 0 Å². The number of fused-ring (bicyclic) bond motifs is 1. The van der Waals surface area contributed by atoms with Gasteiger partial charge >= 0.3 is 0 Å². The Labute approximate surface area is 183 Å². The Bertz CT molecular complexity index is 983. The van der Waals surface area contributed by atoms with Crippen LogP contribution in [0.15, 0.2) is 29.2 Å². The zero-order valence-electron chi connectivity index (χ0n) is 17.6. The van der Waals surface area contributed by atoms with Crippen molar-refractivity contribution in [3.8, 4) is 5.75 Å². The number of hydrogen-bond donors (Lipinski definition) is 1. The number of sulfonamides is 1. The topological polar surface area (TPSA) is 96.0 Å². The lowest BCUT2D eigenvalue weighted by Gasteiger charge is -2.45. The lowest BCUT2D eigenvalue weighted by molar-refractivity contribution is -0.137. The third-order valence-electron chi connectivity index (χ3n) is 7.10. The van der Waals surface area contributed by atoms with E-state index in [2.05, 4.69) is 5.32 Å². The molecule has 0 bridgehead atoms. The van der Waals surface area contributed by atoms with Gasteiger partial charge in [-0.1, -0.05) is 12.1 Å². The summed E-state index contributed by atoms with van der Waals surface area (Å²) in [5.41, 5.74) is -0.328. The summed E-state index contributed by atoms with van der Waals surface area (Å²) in [5, 5.41) is 2.76. The number of hydrogen-bond acceptors (Lipinski definition) is 5. The summed E-state index contributed by atoms with van der Waals surface area (Å²) in [6.07, 6.45) is 4.46. The molecule has 3 aliphatic heterocycles. The summed E-state index contributed by atoms with van der Waals surface area (Å²) in [6, 6.07) is 6.46. The van der Waals surface area contributed by atoms with E-state index in [1.165, 1.54) is 0 Å². The summed E-state index contributed by atoms with van der Waals surface area (Å²) in [7, 11) is -3.64. The van der Waals surface area contributed by atoms with Crippen LogP contribution in [0.2, 0.25) is 0 Å². The second kappa shape index (κ2) is 7.78. The van der Waals surface area contributed by atoms with Gasteiger partial charge in [0.1, 0.15) is 16.7 Å². The highest BCUT2D eigenvalue weighted by atomic mass is 32.2. The van der Waals surface area contributed by atoms with Crippen LogP contribution in [-0.4, -0.2) is 68.3 Å². The number of rotatable bonds is 3. The van der Waals surface area contributed by atoms with Gasteiger partial charge in [-0.3, -0.25) is 9.59 Å². The quantitative estimate of drug-likeness (QED) is 0.755. The highest BCUT2D eigenvalue weighted by Crippen LogP contribution is 2.41. The van der Waals surface area contributed by atoms with E-state index in [0.717, 1.165) is 12.8 Å². The predicted octanol–water partition coefficient (Wildman–Crippen LogP) is 1.37. The van der Waals surface area contributed by atoms with E-state index < -0.39 is 16.1 Å². The summed E-state index contributed by atoms with van der Waals surface area (Å²) in [4.78, 5) is 26.3. The second-order valence-corrected chi connectivity index (χ2v) is 11.4. The van der Waals surface area contributed by atoms with E-state index in [9.17, 15) is 18.0 Å². The molecule has 168 valence electrons. The molecule has 2 saturated heterocycles. The fourth-order valence-electron chi connectivity index (χ4n) is 4.93. The van der Waals surface area contributed by atoms with Crippen LogP contribution in [0.5, 0.6) is 5.75 Å². The van der Waals surface area contributed by atoms with E-state index in [1.807, 2.05) is 4.90 Å². The molecule has 0 aromatic heterocycles. The van der Waals surface area contributed by atoms with Crippen LogP contribution in [0.25, 0.3) is 0 Å². The number of ether oxygens (including phenoxy) is 1. The molecule has 0 radical (unpaired) electrons. The number of carbonyl (C=O) groups is 2. The predicted molar refractivity (Wildman–Crippen MR) is 113 cm³/mol. The van der Waals surface area contributed by atoms with Crippen molar-refractivity contribution in [2.75, 3.05) is 32.8 Å². The van der Waals surface area contributed by atoms with Gasteiger partial charge in [-0.2, -0.15) is 4.31 Å². The van der Waals surface area contributed by atoms with Gasteiger partial charge in [0, 0.05) is 38.0 Å². The average molecular weight is 448 g/mol. The smallest absolute Gasteiger partial charge is 0.246 e. The third-order valence-corrected chi connectivity index (χ3v) is 8.95. The number of carbonyl (C=O) groups excluding carboxylic acids is 2. The maximum absolute atomic E-state index is 13.5. The van der Waals surface area contributed by atoms with Gasteiger partial charge in [0.05, 0.1) is 6.61 Å². The van der Waals surface area contributed by atoms with Crippen LogP contribution in [0.1, 0.15) is 38.5 Å². The average Bonchev–Trinajstić information content (AvgIpc) is 3.48. The Morgan fingerprint density at radius 3 is 2.58 bits per heavy atom. The van der Waals surface area contributed by atoms with Crippen LogP contribution >= 0.6 is 0 Å². The maximum atomic E-state index is 13.5. The van der Waals surface area contributed by atoms with Crippen LogP contribution in [0, 0.1) is 11.3 Å². The second-order valence-electron chi connectivity index (χ2n) is 9.46. The van der Waals surface area contributed by atoms with Gasteiger partial charge < -0.3 is 15.0 Å². The zero-order valence-corrected chi connectivity index (χ0v) is 18.4. The Balaban J connectivity index is 1.36. The summed E-state index contributed by atoms with van der Waals surface area (Å²) in [6.45, 7) is 2.50. The molecule has 1 aromatic carbocycles. The van der Waals surface area contributed by atoms with E-state index in [-0.39, 0.29) is 22.1 Å². The zero-order chi connectivity index (χ0) is 21.6. The van der Waals surface area contributed by atoms with Gasteiger partial charge in [0.15, 0.2) is 0 Å². The molecular formula is C22H29N3O5S. The summed E-state index contributed by atoms with van der Waals surface area (Å²) >= 11 is 0. The minimum Gasteiger partial charge on any atom is -0.492 e. The minimum atomic E-state index is -3.64. The monoisotopic (exact) mass is 447 g/mol. The standard InChI is InChI=1S/C22H29N3O5S/c26-20-8-7-17(23-20)21(27)24-11-9-22(10-12-24)14-25(13-16-5-6-16)31(28,29)19-4-2-1-3-18(19)30-15-22/h1-4,16-17H,5-15H2,(H,23,26)/t17-/m0/s1. The maximum Gasteiger partial charge on any atom is 0.246 e. The fourth-order valence-corrected chi connectivity index (χ4v) is 6.69. The number of piperidine rings is 1. The molecule has 31 heavy (non-hydrogen) atoms. The molecule has 1 atom stereocenters. The fraction of sp³-hybridized carbons (Fsp3) is 0.636. The molecule has 5 rings (SSSR count). The normalized spacial score (nSPS) is 27.7. The van der Waals surface area contributed by atoms with E-state index in [0.29, 0.717) is 70.1 Å². The van der Waals surface area contributed by atoms with Gasteiger partial charge in [0.25, 0.3) is 0 Å². The van der Waals surface area contributed by atoms with Crippen molar-refractivity contribution in [1.29, 1.82) is 0 Å². The van der Waals surface area contributed by atoms with Crippen molar-refractivity contribution < 1.29 is 22.7 Å². The molecule has 1 saturated carbocycles. The molecular weight excluding hydrogens is 418 g/mol. The Morgan fingerprint density at radius 1 is 1.16 bits per heavy atom. The molecule has 0 unspecified atom stereocenters. The molecule has 8 nitrogen and oxygen atoms in total. The van der Waals surface area contributed by atoms with E-state index in [1.54, 1.807) is 28.6 Å². The minimum absolute atomic E-state index is 0.0275. The summed E-state index contributed by atoms with van der Waals surface area (Å²) in [5.74, 6) is 0.752. The molecule has 2 amide bonds. The van der Waals surface area contributed by atoms with Crippen molar-refractivity contribution in [2.45, 2.75) is 49.5 Å². The largest absolute Gasteiger partial charge is 0.492 e. The number of likely N-dealkylation sites (tertiary alicyclic amines) is 1. The van der Waals surface area contributed by atoms with Gasteiger partial charge in [0.2, 0.25) is 21.8 Å². The highest BCUT2D eigenvalue weighted by Gasteiger charge is 2.45. The first-order valence-corrected chi connectivity index (χ1v) is 12.6. The first kappa shape index (κ1) is 20.8. The molecule has 1 aliphatic carbocycles. The number of amides is 2. The Hall–Kier alpha value is -2.13. The van der Waals surface area contributed by atoms with Crippen molar-refractivity contribution in [1.82, 2.24) is 14.5 Å². The van der Waals surface area contributed by atoms with Gasteiger partial charge in [-0.15, -0.1) is 0 Å². The van der Waals surface area contributed by atoms with Crippen LogP contribution in [-0.2, 0) is 19.6 Å². The van der Waals surface area contributed by atoms with Crippen LogP contribution in [0.3, 0.4) is 0 Å². The first-order chi connectivity index (χ1) is 14.9. The Morgan fingerprint density at radius 2 is 1.90 bits per heavy atom. The summed E-state index contributed by atoms with van der Waals surface area (Å²) < 4.78 is 34.7. The van der Waals surface area contributed by atoms with Crippen LogP contribution in [0.4, 0.5) is 0 Å². The molecule has 3 fully saturated rings. The van der Waals surface area contributed by atoms with E-state index in [4.69, 9.17) is 4.74 Å². The number of benzene rings is 1. The number of nitrogens with one attached hydrogen (secondary N) is 1. The highest BCUT2D eigenvalue weighted by molar-refractivity contribution is 7.89. The van der Waals surface area contributed by atoms with Crippen molar-refractivity contribution in [2.24, 2.45) is 11.3 Å². The number of nitrogens with zero attached hydrogens (tertiary/aromatic N) is 2. The van der Waals surface area contributed by atoms with Gasteiger partial charge in [-0.05, 0) is 50.2 Å². The molecule has 1 N–H and O–H groups in total. The number of para-hydroxylation sites is 1. The van der Waals surface area contributed by atoms with Gasteiger partial charge in [-0.25, -0.2) is 8.42 Å². The Kier molecular flexibility index (Phi) is 5.21. The molecule has 1 spiro atoms. The van der Waals surface area contributed by atoms with Crippen molar-refractivity contribution >= 4 is 21.8 Å². The SMILES string of the molecule is O=C1CC[C@@H](C(=O)N2CCC3(CC2)COc2ccccc2S(=O)(=O)N(CC2CC2)C3)N1. The molecule has 9 heteroatoms.